The third-order valence-corrected chi connectivity index (χ3v) is 4.10. The molecular formula is C15H21NO2S. The van der Waals surface area contributed by atoms with E-state index in [1.54, 1.807) is 12.1 Å². The molecule has 1 rings (SSSR count). The molecule has 1 aromatic carbocycles. The number of nitrogens with one attached hydrogen (secondary N) is 1. The van der Waals surface area contributed by atoms with E-state index in [4.69, 9.17) is 0 Å². The lowest BCUT2D eigenvalue weighted by molar-refractivity contribution is -0.121. The van der Waals surface area contributed by atoms with Crippen molar-refractivity contribution < 1.29 is 9.59 Å². The molecule has 19 heavy (non-hydrogen) atoms. The number of hydrogen-bond acceptors (Lipinski definition) is 3. The van der Waals surface area contributed by atoms with E-state index in [0.717, 1.165) is 24.0 Å². The van der Waals surface area contributed by atoms with E-state index in [1.165, 1.54) is 11.8 Å². The summed E-state index contributed by atoms with van der Waals surface area (Å²) in [6.45, 7) is 6.02. The molecule has 0 saturated heterocycles. The van der Waals surface area contributed by atoms with Crippen molar-refractivity contribution in [2.24, 2.45) is 0 Å². The van der Waals surface area contributed by atoms with Crippen molar-refractivity contribution in [3.8, 4) is 0 Å². The first-order valence-corrected chi connectivity index (χ1v) is 7.50. The zero-order valence-electron chi connectivity index (χ0n) is 11.7. The maximum absolute atomic E-state index is 12.0. The average molecular weight is 279 g/mol. The molecule has 0 bridgehead atoms. The third kappa shape index (κ3) is 5.07. The second-order valence-corrected chi connectivity index (χ2v) is 5.89. The van der Waals surface area contributed by atoms with Gasteiger partial charge in [-0.1, -0.05) is 26.0 Å². The van der Waals surface area contributed by atoms with Crippen LogP contribution >= 0.6 is 11.8 Å². The summed E-state index contributed by atoms with van der Waals surface area (Å²) >= 11 is 1.47. The predicted molar refractivity (Wildman–Crippen MR) is 79.7 cm³/mol. The highest BCUT2D eigenvalue weighted by molar-refractivity contribution is 8.00. The summed E-state index contributed by atoms with van der Waals surface area (Å²) in [5.41, 5.74) is 0.637. The van der Waals surface area contributed by atoms with Gasteiger partial charge in [0.25, 0.3) is 0 Å². The second kappa shape index (κ2) is 8.00. The minimum Gasteiger partial charge on any atom is -0.352 e. The number of rotatable bonds is 7. The van der Waals surface area contributed by atoms with Crippen LogP contribution in [0.4, 0.5) is 0 Å². The van der Waals surface area contributed by atoms with Gasteiger partial charge in [0.1, 0.15) is 6.29 Å². The fourth-order valence-corrected chi connectivity index (χ4v) is 2.67. The number of hydrogen-bond donors (Lipinski definition) is 1. The van der Waals surface area contributed by atoms with Gasteiger partial charge in [0, 0.05) is 16.5 Å². The Morgan fingerprint density at radius 1 is 1.37 bits per heavy atom. The fraction of sp³-hybridized carbons (Fsp3) is 0.467. The SMILES string of the molecule is CCC(CC)NC(=O)C(C)Sc1cccc(C=O)c1. The van der Waals surface area contributed by atoms with Crippen LogP contribution in [-0.2, 0) is 4.79 Å². The van der Waals surface area contributed by atoms with E-state index in [9.17, 15) is 9.59 Å². The molecule has 3 nitrogen and oxygen atoms in total. The van der Waals surface area contributed by atoms with Gasteiger partial charge in [0.05, 0.1) is 5.25 Å². The maximum atomic E-state index is 12.0. The van der Waals surface area contributed by atoms with E-state index in [0.29, 0.717) is 5.56 Å². The van der Waals surface area contributed by atoms with E-state index in [2.05, 4.69) is 19.2 Å². The first-order valence-electron chi connectivity index (χ1n) is 6.63. The van der Waals surface area contributed by atoms with Gasteiger partial charge in [0.15, 0.2) is 0 Å². The minimum atomic E-state index is -0.164. The number of carbonyl (C=O) groups is 2. The third-order valence-electron chi connectivity index (χ3n) is 3.01. The smallest absolute Gasteiger partial charge is 0.233 e. The van der Waals surface area contributed by atoms with Crippen LogP contribution < -0.4 is 5.32 Å². The quantitative estimate of drug-likeness (QED) is 0.615. The van der Waals surface area contributed by atoms with Crippen molar-refractivity contribution >= 4 is 24.0 Å². The van der Waals surface area contributed by atoms with Crippen LogP contribution in [0.5, 0.6) is 0 Å². The Hall–Kier alpha value is -1.29. The highest BCUT2D eigenvalue weighted by Crippen LogP contribution is 2.24. The van der Waals surface area contributed by atoms with Crippen molar-refractivity contribution in [1.29, 1.82) is 0 Å². The van der Waals surface area contributed by atoms with Gasteiger partial charge in [-0.3, -0.25) is 9.59 Å². The van der Waals surface area contributed by atoms with Crippen molar-refractivity contribution in [3.63, 3.8) is 0 Å². The Morgan fingerprint density at radius 2 is 2.05 bits per heavy atom. The number of amides is 1. The van der Waals surface area contributed by atoms with Gasteiger partial charge in [-0.15, -0.1) is 11.8 Å². The molecule has 1 unspecified atom stereocenters. The largest absolute Gasteiger partial charge is 0.352 e. The summed E-state index contributed by atoms with van der Waals surface area (Å²) in [7, 11) is 0. The van der Waals surface area contributed by atoms with Crippen LogP contribution in [0.1, 0.15) is 44.0 Å². The molecule has 1 aromatic rings. The molecule has 0 aliphatic rings. The molecule has 1 N–H and O–H groups in total. The number of carbonyl (C=O) groups excluding carboxylic acids is 2. The molecule has 0 aliphatic heterocycles. The summed E-state index contributed by atoms with van der Waals surface area (Å²) in [4.78, 5) is 23.7. The molecule has 104 valence electrons. The molecule has 0 aliphatic carbocycles. The van der Waals surface area contributed by atoms with Crippen molar-refractivity contribution in [2.75, 3.05) is 0 Å². The lowest BCUT2D eigenvalue weighted by atomic mass is 10.2. The summed E-state index contributed by atoms with van der Waals surface area (Å²) in [6.07, 6.45) is 2.71. The van der Waals surface area contributed by atoms with E-state index >= 15 is 0 Å². The van der Waals surface area contributed by atoms with Gasteiger partial charge < -0.3 is 5.32 Å². The lowest BCUT2D eigenvalue weighted by Crippen LogP contribution is -2.38. The Bertz CT molecular complexity index is 430. The topological polar surface area (TPSA) is 46.2 Å². The summed E-state index contributed by atoms with van der Waals surface area (Å²) in [5, 5.41) is 2.87. The van der Waals surface area contributed by atoms with Crippen LogP contribution in [-0.4, -0.2) is 23.5 Å². The van der Waals surface area contributed by atoms with Gasteiger partial charge in [-0.2, -0.15) is 0 Å². The second-order valence-electron chi connectivity index (χ2n) is 4.47. The predicted octanol–water partition coefficient (Wildman–Crippen LogP) is 3.28. The summed E-state index contributed by atoms with van der Waals surface area (Å²) < 4.78 is 0. The molecule has 1 atom stereocenters. The number of aldehydes is 1. The highest BCUT2D eigenvalue weighted by atomic mass is 32.2. The highest BCUT2D eigenvalue weighted by Gasteiger charge is 2.16. The van der Waals surface area contributed by atoms with Crippen LogP contribution in [0.15, 0.2) is 29.2 Å². The van der Waals surface area contributed by atoms with Crippen molar-refractivity contribution in [1.82, 2.24) is 5.32 Å². The van der Waals surface area contributed by atoms with Gasteiger partial charge in [-0.25, -0.2) is 0 Å². The standard InChI is InChI=1S/C15H21NO2S/c1-4-13(5-2)16-15(18)11(3)19-14-8-6-7-12(9-14)10-17/h6-11,13H,4-5H2,1-3H3,(H,16,18). The van der Waals surface area contributed by atoms with Crippen LogP contribution in [0, 0.1) is 0 Å². The zero-order chi connectivity index (χ0) is 14.3. The van der Waals surface area contributed by atoms with Crippen LogP contribution in [0.3, 0.4) is 0 Å². The monoisotopic (exact) mass is 279 g/mol. The molecule has 4 heteroatoms. The molecule has 1 amide bonds. The number of benzene rings is 1. The average Bonchev–Trinajstić information content (AvgIpc) is 2.44. The Morgan fingerprint density at radius 3 is 2.63 bits per heavy atom. The van der Waals surface area contributed by atoms with E-state index in [-0.39, 0.29) is 17.2 Å². The first-order chi connectivity index (χ1) is 9.10. The summed E-state index contributed by atoms with van der Waals surface area (Å²) in [5.74, 6) is 0.0511. The first kappa shape index (κ1) is 15.8. The molecule has 0 fully saturated rings. The fourth-order valence-electron chi connectivity index (χ4n) is 1.73. The van der Waals surface area contributed by atoms with Gasteiger partial charge in [-0.05, 0) is 31.9 Å². The Labute approximate surface area is 119 Å². The Balaban J connectivity index is 2.60. The molecule has 0 heterocycles. The minimum absolute atomic E-state index is 0.0511. The lowest BCUT2D eigenvalue weighted by Gasteiger charge is -2.18. The van der Waals surface area contributed by atoms with Gasteiger partial charge >= 0.3 is 0 Å². The summed E-state index contributed by atoms with van der Waals surface area (Å²) in [6, 6.07) is 7.55. The normalized spacial score (nSPS) is 12.2. The molecule has 0 aromatic heterocycles. The molecule has 0 radical (unpaired) electrons. The van der Waals surface area contributed by atoms with Crippen molar-refractivity contribution in [2.45, 2.75) is 49.8 Å². The van der Waals surface area contributed by atoms with Crippen molar-refractivity contribution in [3.05, 3.63) is 29.8 Å². The zero-order valence-corrected chi connectivity index (χ0v) is 12.5. The molecule has 0 saturated carbocycles. The van der Waals surface area contributed by atoms with Crippen LogP contribution in [0.25, 0.3) is 0 Å². The van der Waals surface area contributed by atoms with E-state index < -0.39 is 0 Å². The molecular weight excluding hydrogens is 258 g/mol. The molecule has 0 spiro atoms. The maximum Gasteiger partial charge on any atom is 0.233 e. The van der Waals surface area contributed by atoms with Gasteiger partial charge in [0.2, 0.25) is 5.91 Å². The number of thioether (sulfide) groups is 1. The Kier molecular flexibility index (Phi) is 6.64. The van der Waals surface area contributed by atoms with Crippen LogP contribution in [0.2, 0.25) is 0 Å². The van der Waals surface area contributed by atoms with E-state index in [1.807, 2.05) is 19.1 Å².